The van der Waals surface area contributed by atoms with E-state index in [-0.39, 0.29) is 23.2 Å². The van der Waals surface area contributed by atoms with Crippen LogP contribution in [0, 0.1) is 6.92 Å². The maximum absolute atomic E-state index is 12.3. The van der Waals surface area contributed by atoms with Gasteiger partial charge in [0, 0.05) is 22.9 Å². The van der Waals surface area contributed by atoms with E-state index in [2.05, 4.69) is 20.7 Å². The fourth-order valence-electron chi connectivity index (χ4n) is 3.04. The molecular formula is C24H21N5O3S. The van der Waals surface area contributed by atoms with Crippen molar-refractivity contribution in [3.05, 3.63) is 83.9 Å². The van der Waals surface area contributed by atoms with Gasteiger partial charge in [-0.15, -0.1) is 10.2 Å². The molecule has 1 aromatic heterocycles. The molecule has 8 nitrogen and oxygen atoms in total. The van der Waals surface area contributed by atoms with E-state index in [1.54, 1.807) is 0 Å². The van der Waals surface area contributed by atoms with E-state index in [0.717, 1.165) is 16.8 Å². The molecule has 1 amide bonds. The minimum atomic E-state index is -0.339. The molecule has 0 unspecified atom stereocenters. The molecule has 4 rings (SSSR count). The third-order valence-electron chi connectivity index (χ3n) is 4.70. The first-order chi connectivity index (χ1) is 16.0. The number of nitrogens with one attached hydrogen (secondary N) is 1. The molecule has 4 aromatic rings. The number of carbonyl (C=O) groups excluding carboxylic acids is 1. The summed E-state index contributed by atoms with van der Waals surface area (Å²) in [5, 5.41) is 32.2. The summed E-state index contributed by atoms with van der Waals surface area (Å²) in [7, 11) is 0. The first-order valence-corrected chi connectivity index (χ1v) is 11.0. The van der Waals surface area contributed by atoms with Crippen molar-refractivity contribution in [1.29, 1.82) is 0 Å². The standard InChI is InChI=1S/C24H21N5O3S/c1-16-7-9-17(10-8-16)23-27-28-24(29(23)19-5-3-2-4-6-19)33-15-22(32)26-25-14-18-11-12-20(30)13-21(18)31/h2-14,30-31H,15H2,1H3,(H,26,32)/b25-14+. The highest BCUT2D eigenvalue weighted by molar-refractivity contribution is 7.99. The Hall–Kier alpha value is -4.11. The molecule has 0 atom stereocenters. The summed E-state index contributed by atoms with van der Waals surface area (Å²) < 4.78 is 1.92. The largest absolute Gasteiger partial charge is 0.508 e. The highest BCUT2D eigenvalue weighted by Crippen LogP contribution is 2.28. The zero-order valence-corrected chi connectivity index (χ0v) is 18.5. The van der Waals surface area contributed by atoms with Crippen molar-refractivity contribution in [3.63, 3.8) is 0 Å². The Morgan fingerprint density at radius 1 is 1.06 bits per heavy atom. The molecular weight excluding hydrogens is 438 g/mol. The van der Waals surface area contributed by atoms with Gasteiger partial charge in [-0.25, -0.2) is 5.43 Å². The van der Waals surface area contributed by atoms with Crippen LogP contribution in [0.2, 0.25) is 0 Å². The summed E-state index contributed by atoms with van der Waals surface area (Å²) in [6.07, 6.45) is 1.30. The highest BCUT2D eigenvalue weighted by Gasteiger charge is 2.17. The number of nitrogens with zero attached hydrogens (tertiary/aromatic N) is 4. The van der Waals surface area contributed by atoms with Crippen LogP contribution in [0.1, 0.15) is 11.1 Å². The Bertz CT molecular complexity index is 1290. The van der Waals surface area contributed by atoms with Crippen LogP contribution in [0.4, 0.5) is 0 Å². The number of benzene rings is 3. The quantitative estimate of drug-likeness (QED) is 0.220. The summed E-state index contributed by atoms with van der Waals surface area (Å²) in [6.45, 7) is 2.02. The van der Waals surface area contributed by atoms with Gasteiger partial charge in [0.05, 0.1) is 12.0 Å². The van der Waals surface area contributed by atoms with Gasteiger partial charge in [0.1, 0.15) is 11.5 Å². The first kappa shape index (κ1) is 22.1. The average molecular weight is 460 g/mol. The van der Waals surface area contributed by atoms with Crippen LogP contribution >= 0.6 is 11.8 Å². The molecule has 33 heavy (non-hydrogen) atoms. The lowest BCUT2D eigenvalue weighted by atomic mass is 10.1. The van der Waals surface area contributed by atoms with E-state index in [9.17, 15) is 15.0 Å². The van der Waals surface area contributed by atoms with Crippen LogP contribution in [0.5, 0.6) is 11.5 Å². The number of hydrazone groups is 1. The molecule has 0 aliphatic heterocycles. The van der Waals surface area contributed by atoms with Crippen molar-refractivity contribution in [3.8, 4) is 28.6 Å². The lowest BCUT2D eigenvalue weighted by Crippen LogP contribution is -2.20. The minimum absolute atomic E-state index is 0.0578. The fourth-order valence-corrected chi connectivity index (χ4v) is 3.78. The number of aryl methyl sites for hydroxylation is 1. The van der Waals surface area contributed by atoms with Gasteiger partial charge in [0.15, 0.2) is 11.0 Å². The average Bonchev–Trinajstić information content (AvgIpc) is 3.24. The third-order valence-corrected chi connectivity index (χ3v) is 5.63. The first-order valence-electron chi connectivity index (χ1n) is 10.1. The van der Waals surface area contributed by atoms with Gasteiger partial charge >= 0.3 is 0 Å². The van der Waals surface area contributed by atoms with Gasteiger partial charge in [-0.05, 0) is 31.2 Å². The molecule has 0 radical (unpaired) electrons. The maximum Gasteiger partial charge on any atom is 0.250 e. The van der Waals surface area contributed by atoms with E-state index in [4.69, 9.17) is 0 Å². The summed E-state index contributed by atoms with van der Waals surface area (Å²) in [5.74, 6) is 0.219. The second kappa shape index (κ2) is 10.0. The molecule has 0 saturated heterocycles. The molecule has 0 bridgehead atoms. The van der Waals surface area contributed by atoms with Crippen molar-refractivity contribution in [1.82, 2.24) is 20.2 Å². The van der Waals surface area contributed by atoms with E-state index >= 15 is 0 Å². The summed E-state index contributed by atoms with van der Waals surface area (Å²) >= 11 is 1.24. The Morgan fingerprint density at radius 3 is 2.55 bits per heavy atom. The predicted octanol–water partition coefficient (Wildman–Crippen LogP) is 3.90. The molecule has 3 aromatic carbocycles. The molecule has 0 aliphatic rings. The van der Waals surface area contributed by atoms with Crippen LogP contribution < -0.4 is 5.43 Å². The number of para-hydroxylation sites is 1. The van der Waals surface area contributed by atoms with E-state index in [1.165, 1.54) is 36.2 Å². The van der Waals surface area contributed by atoms with Gasteiger partial charge in [-0.2, -0.15) is 5.10 Å². The number of hydrogen-bond donors (Lipinski definition) is 3. The summed E-state index contributed by atoms with van der Waals surface area (Å²) in [6, 6.07) is 21.8. The maximum atomic E-state index is 12.3. The SMILES string of the molecule is Cc1ccc(-c2nnc(SCC(=O)N/N=C/c3ccc(O)cc3O)n2-c2ccccc2)cc1. The van der Waals surface area contributed by atoms with E-state index < -0.39 is 0 Å². The van der Waals surface area contributed by atoms with Gasteiger partial charge in [-0.3, -0.25) is 9.36 Å². The van der Waals surface area contributed by atoms with Gasteiger partial charge in [-0.1, -0.05) is 59.8 Å². The fraction of sp³-hybridized carbons (Fsp3) is 0.0833. The molecule has 1 heterocycles. The molecule has 0 saturated carbocycles. The number of amides is 1. The second-order valence-corrected chi connectivity index (χ2v) is 8.11. The number of aromatic nitrogens is 3. The predicted molar refractivity (Wildman–Crippen MR) is 128 cm³/mol. The van der Waals surface area contributed by atoms with Crippen molar-refractivity contribution in [2.24, 2.45) is 5.10 Å². The molecule has 0 spiro atoms. The highest BCUT2D eigenvalue weighted by atomic mass is 32.2. The normalized spacial score (nSPS) is 11.1. The van der Waals surface area contributed by atoms with E-state index in [1.807, 2.05) is 66.1 Å². The van der Waals surface area contributed by atoms with Gasteiger partial charge in [0.2, 0.25) is 0 Å². The van der Waals surface area contributed by atoms with Crippen molar-refractivity contribution in [2.45, 2.75) is 12.1 Å². The lowest BCUT2D eigenvalue weighted by molar-refractivity contribution is -0.118. The lowest BCUT2D eigenvalue weighted by Gasteiger charge is -2.10. The Morgan fingerprint density at radius 2 is 1.82 bits per heavy atom. The molecule has 0 fully saturated rings. The minimum Gasteiger partial charge on any atom is -0.508 e. The number of thioether (sulfide) groups is 1. The van der Waals surface area contributed by atoms with Crippen LogP contribution in [0.25, 0.3) is 17.1 Å². The van der Waals surface area contributed by atoms with Crippen LogP contribution in [-0.4, -0.2) is 42.9 Å². The van der Waals surface area contributed by atoms with Gasteiger partial charge < -0.3 is 10.2 Å². The van der Waals surface area contributed by atoms with Crippen LogP contribution in [-0.2, 0) is 4.79 Å². The molecule has 9 heteroatoms. The number of aromatic hydroxyl groups is 2. The zero-order chi connectivity index (χ0) is 23.2. The number of phenols is 2. The summed E-state index contributed by atoms with van der Waals surface area (Å²) in [4.78, 5) is 12.3. The number of hydrogen-bond acceptors (Lipinski definition) is 7. The summed E-state index contributed by atoms with van der Waals surface area (Å²) in [5.41, 5.74) is 5.76. The Balaban J connectivity index is 1.49. The Labute approximate surface area is 194 Å². The number of carbonyl (C=O) groups is 1. The van der Waals surface area contributed by atoms with E-state index in [0.29, 0.717) is 16.5 Å². The smallest absolute Gasteiger partial charge is 0.250 e. The number of rotatable bonds is 7. The zero-order valence-electron chi connectivity index (χ0n) is 17.7. The van der Waals surface area contributed by atoms with Gasteiger partial charge in [0.25, 0.3) is 5.91 Å². The topological polar surface area (TPSA) is 113 Å². The number of phenolic OH excluding ortho intramolecular Hbond substituents is 2. The van der Waals surface area contributed by atoms with Crippen molar-refractivity contribution in [2.75, 3.05) is 5.75 Å². The van der Waals surface area contributed by atoms with Crippen molar-refractivity contribution >= 4 is 23.9 Å². The molecule has 3 N–H and O–H groups in total. The second-order valence-electron chi connectivity index (χ2n) is 7.17. The van der Waals surface area contributed by atoms with Crippen LogP contribution in [0.15, 0.2) is 83.1 Å². The molecule has 0 aliphatic carbocycles. The van der Waals surface area contributed by atoms with Crippen LogP contribution in [0.3, 0.4) is 0 Å². The Kier molecular flexibility index (Phi) is 6.70. The monoisotopic (exact) mass is 459 g/mol. The third kappa shape index (κ3) is 5.39. The molecule has 166 valence electrons. The van der Waals surface area contributed by atoms with Crippen molar-refractivity contribution < 1.29 is 15.0 Å².